The van der Waals surface area contributed by atoms with Crippen LogP contribution in [-0.4, -0.2) is 32.1 Å². The number of carbonyl (C=O) groups is 2. The molecule has 2 aromatic carbocycles. The largest absolute Gasteiger partial charge is 0.496 e. The molecule has 1 saturated heterocycles. The zero-order valence-electron chi connectivity index (χ0n) is 14.7. The van der Waals surface area contributed by atoms with E-state index in [2.05, 4.69) is 5.32 Å². The van der Waals surface area contributed by atoms with E-state index in [9.17, 15) is 9.59 Å². The van der Waals surface area contributed by atoms with Crippen molar-refractivity contribution in [3.05, 3.63) is 54.1 Å². The molecule has 1 aliphatic rings. The molecule has 0 spiro atoms. The summed E-state index contributed by atoms with van der Waals surface area (Å²) in [5.41, 5.74) is 1.71. The number of para-hydroxylation sites is 1. The molecule has 0 atom stereocenters. The molecule has 1 heterocycles. The van der Waals surface area contributed by atoms with Crippen LogP contribution in [0.2, 0.25) is 0 Å². The van der Waals surface area contributed by atoms with E-state index in [1.807, 2.05) is 36.4 Å². The van der Waals surface area contributed by atoms with Gasteiger partial charge >= 0.3 is 0 Å². The Hall–Kier alpha value is -3.02. The Balaban J connectivity index is 1.52. The van der Waals surface area contributed by atoms with Gasteiger partial charge in [-0.3, -0.25) is 9.59 Å². The van der Waals surface area contributed by atoms with Gasteiger partial charge in [0.1, 0.15) is 11.5 Å². The van der Waals surface area contributed by atoms with Gasteiger partial charge in [0.2, 0.25) is 5.91 Å². The average molecular weight is 354 g/mol. The number of carbonyl (C=O) groups excluding carboxylic acids is 2. The number of nitrogens with zero attached hydrogens (tertiary/aromatic N) is 1. The van der Waals surface area contributed by atoms with Gasteiger partial charge < -0.3 is 19.7 Å². The number of methoxy groups -OCH3 is 1. The van der Waals surface area contributed by atoms with E-state index >= 15 is 0 Å². The molecule has 136 valence electrons. The Morgan fingerprint density at radius 1 is 1.19 bits per heavy atom. The number of nitrogens with one attached hydrogen (secondary N) is 1. The lowest BCUT2D eigenvalue weighted by Crippen LogP contribution is -2.28. The van der Waals surface area contributed by atoms with Crippen LogP contribution in [0, 0.1) is 0 Å². The van der Waals surface area contributed by atoms with Gasteiger partial charge in [0.25, 0.3) is 5.91 Å². The second-order valence-electron chi connectivity index (χ2n) is 6.02. The van der Waals surface area contributed by atoms with Crippen LogP contribution in [0.3, 0.4) is 0 Å². The Labute approximate surface area is 152 Å². The highest BCUT2D eigenvalue weighted by molar-refractivity contribution is 5.95. The second kappa shape index (κ2) is 8.38. The third-order valence-electron chi connectivity index (χ3n) is 4.24. The van der Waals surface area contributed by atoms with Crippen molar-refractivity contribution < 1.29 is 19.1 Å². The normalized spacial score (nSPS) is 13.6. The van der Waals surface area contributed by atoms with Gasteiger partial charge in [-0.2, -0.15) is 0 Å². The third-order valence-corrected chi connectivity index (χ3v) is 4.24. The van der Waals surface area contributed by atoms with Crippen molar-refractivity contribution in [3.63, 3.8) is 0 Å². The van der Waals surface area contributed by atoms with Crippen LogP contribution in [0.15, 0.2) is 48.5 Å². The van der Waals surface area contributed by atoms with Crippen LogP contribution >= 0.6 is 0 Å². The van der Waals surface area contributed by atoms with Crippen molar-refractivity contribution >= 4 is 17.5 Å². The van der Waals surface area contributed by atoms with Gasteiger partial charge in [-0.05, 0) is 24.6 Å². The SMILES string of the molecule is COc1ccccc1CNC(=O)COc1cccc(N2CCCC2=O)c1. The molecule has 1 N–H and O–H groups in total. The summed E-state index contributed by atoms with van der Waals surface area (Å²) in [6.45, 7) is 1.00. The maximum atomic E-state index is 12.0. The molecule has 1 aliphatic heterocycles. The molecule has 0 aliphatic carbocycles. The summed E-state index contributed by atoms with van der Waals surface area (Å²) in [7, 11) is 1.60. The van der Waals surface area contributed by atoms with Crippen LogP contribution in [-0.2, 0) is 16.1 Å². The molecule has 2 aromatic rings. The highest BCUT2D eigenvalue weighted by Crippen LogP contribution is 2.25. The summed E-state index contributed by atoms with van der Waals surface area (Å²) < 4.78 is 10.8. The number of benzene rings is 2. The molecule has 0 aromatic heterocycles. The lowest BCUT2D eigenvalue weighted by Gasteiger charge is -2.16. The number of hydrogen-bond acceptors (Lipinski definition) is 4. The van der Waals surface area contributed by atoms with Crippen molar-refractivity contribution in [3.8, 4) is 11.5 Å². The van der Waals surface area contributed by atoms with Crippen LogP contribution in [0.4, 0.5) is 5.69 Å². The Kier molecular flexibility index (Phi) is 5.73. The Morgan fingerprint density at radius 2 is 2.04 bits per heavy atom. The molecule has 2 amide bonds. The second-order valence-corrected chi connectivity index (χ2v) is 6.02. The molecule has 1 fully saturated rings. The maximum Gasteiger partial charge on any atom is 0.258 e. The van der Waals surface area contributed by atoms with Gasteiger partial charge in [-0.1, -0.05) is 24.3 Å². The predicted molar refractivity (Wildman–Crippen MR) is 98.4 cm³/mol. The molecule has 0 unspecified atom stereocenters. The van der Waals surface area contributed by atoms with Crippen LogP contribution < -0.4 is 19.7 Å². The Bertz CT molecular complexity index is 791. The minimum absolute atomic E-state index is 0.0907. The van der Waals surface area contributed by atoms with E-state index in [-0.39, 0.29) is 18.4 Å². The van der Waals surface area contributed by atoms with Crippen molar-refractivity contribution in [1.29, 1.82) is 0 Å². The number of amides is 2. The van der Waals surface area contributed by atoms with Gasteiger partial charge in [-0.25, -0.2) is 0 Å². The molecule has 3 rings (SSSR count). The zero-order valence-corrected chi connectivity index (χ0v) is 14.7. The summed E-state index contributed by atoms with van der Waals surface area (Å²) in [6.07, 6.45) is 1.45. The minimum atomic E-state index is -0.224. The van der Waals surface area contributed by atoms with Crippen molar-refractivity contribution in [2.45, 2.75) is 19.4 Å². The molecule has 6 heteroatoms. The summed E-state index contributed by atoms with van der Waals surface area (Å²) in [6, 6.07) is 14.8. The van der Waals surface area contributed by atoms with E-state index in [1.165, 1.54) is 0 Å². The Morgan fingerprint density at radius 3 is 2.81 bits per heavy atom. The first-order chi connectivity index (χ1) is 12.7. The predicted octanol–water partition coefficient (Wildman–Crippen LogP) is 2.52. The van der Waals surface area contributed by atoms with Gasteiger partial charge in [0, 0.05) is 36.8 Å². The third kappa shape index (κ3) is 4.33. The van der Waals surface area contributed by atoms with E-state index in [4.69, 9.17) is 9.47 Å². The lowest BCUT2D eigenvalue weighted by molar-refractivity contribution is -0.123. The van der Waals surface area contributed by atoms with Crippen molar-refractivity contribution in [2.75, 3.05) is 25.2 Å². The first kappa shape index (κ1) is 17.8. The lowest BCUT2D eigenvalue weighted by atomic mass is 10.2. The van der Waals surface area contributed by atoms with Crippen LogP contribution in [0.1, 0.15) is 18.4 Å². The zero-order chi connectivity index (χ0) is 18.4. The average Bonchev–Trinajstić information content (AvgIpc) is 3.11. The minimum Gasteiger partial charge on any atom is -0.496 e. The van der Waals surface area contributed by atoms with E-state index < -0.39 is 0 Å². The summed E-state index contributed by atoms with van der Waals surface area (Å²) in [5, 5.41) is 2.81. The van der Waals surface area contributed by atoms with E-state index in [0.29, 0.717) is 18.7 Å². The number of ether oxygens (including phenoxy) is 2. The van der Waals surface area contributed by atoms with Crippen molar-refractivity contribution in [2.24, 2.45) is 0 Å². The summed E-state index contributed by atoms with van der Waals surface area (Å²) in [5.74, 6) is 1.20. The smallest absolute Gasteiger partial charge is 0.258 e. The molecule has 0 saturated carbocycles. The number of anilines is 1. The first-order valence-electron chi connectivity index (χ1n) is 8.59. The fraction of sp³-hybridized carbons (Fsp3) is 0.300. The van der Waals surface area contributed by atoms with Gasteiger partial charge in [0.15, 0.2) is 6.61 Å². The number of hydrogen-bond donors (Lipinski definition) is 1. The quantitative estimate of drug-likeness (QED) is 0.830. The topological polar surface area (TPSA) is 67.9 Å². The maximum absolute atomic E-state index is 12.0. The fourth-order valence-electron chi connectivity index (χ4n) is 2.91. The molecule has 0 bridgehead atoms. The van der Waals surface area contributed by atoms with E-state index in [1.54, 1.807) is 24.1 Å². The van der Waals surface area contributed by atoms with E-state index in [0.717, 1.165) is 30.0 Å². The number of rotatable bonds is 7. The standard InChI is InChI=1S/C20H22N2O4/c1-25-18-9-3-2-6-15(18)13-21-19(23)14-26-17-8-4-7-16(12-17)22-11-5-10-20(22)24/h2-4,6-9,12H,5,10-11,13-14H2,1H3,(H,21,23). The highest BCUT2D eigenvalue weighted by atomic mass is 16.5. The fourth-order valence-corrected chi connectivity index (χ4v) is 2.91. The van der Waals surface area contributed by atoms with Gasteiger partial charge in [0.05, 0.1) is 7.11 Å². The van der Waals surface area contributed by atoms with Gasteiger partial charge in [-0.15, -0.1) is 0 Å². The molecule has 26 heavy (non-hydrogen) atoms. The van der Waals surface area contributed by atoms with Crippen molar-refractivity contribution in [1.82, 2.24) is 5.32 Å². The molecule has 0 radical (unpaired) electrons. The van der Waals surface area contributed by atoms with Crippen LogP contribution in [0.5, 0.6) is 11.5 Å². The summed E-state index contributed by atoms with van der Waals surface area (Å²) in [4.78, 5) is 25.6. The molecule has 6 nitrogen and oxygen atoms in total. The monoisotopic (exact) mass is 354 g/mol. The van der Waals surface area contributed by atoms with Crippen LogP contribution in [0.25, 0.3) is 0 Å². The summed E-state index contributed by atoms with van der Waals surface area (Å²) >= 11 is 0. The molecular weight excluding hydrogens is 332 g/mol. The first-order valence-corrected chi connectivity index (χ1v) is 8.59. The molecular formula is C20H22N2O4. The highest BCUT2D eigenvalue weighted by Gasteiger charge is 2.21.